The van der Waals surface area contributed by atoms with Crippen LogP contribution in [0, 0.1) is 5.92 Å². The molecule has 0 aromatic carbocycles. The van der Waals surface area contributed by atoms with Crippen LogP contribution >= 0.6 is 0 Å². The zero-order valence-electron chi connectivity index (χ0n) is 9.08. The SMILES string of the molecule is C[C@@H]1CCCC[C@H]1NC(=O)CNC(N)=O. The zero-order valence-corrected chi connectivity index (χ0v) is 9.08. The lowest BCUT2D eigenvalue weighted by Crippen LogP contribution is -2.46. The van der Waals surface area contributed by atoms with Gasteiger partial charge in [-0.1, -0.05) is 19.8 Å². The molecule has 0 aliphatic heterocycles. The van der Waals surface area contributed by atoms with E-state index in [0.717, 1.165) is 12.8 Å². The molecule has 3 amide bonds. The third kappa shape index (κ3) is 4.18. The van der Waals surface area contributed by atoms with Crippen molar-refractivity contribution in [1.82, 2.24) is 10.6 Å². The number of carbonyl (C=O) groups is 2. The second-order valence-electron chi connectivity index (χ2n) is 4.15. The van der Waals surface area contributed by atoms with Crippen LogP contribution in [-0.4, -0.2) is 24.5 Å². The molecule has 15 heavy (non-hydrogen) atoms. The van der Waals surface area contributed by atoms with Crippen molar-refractivity contribution in [2.75, 3.05) is 6.54 Å². The van der Waals surface area contributed by atoms with Gasteiger partial charge in [0.1, 0.15) is 0 Å². The van der Waals surface area contributed by atoms with Gasteiger partial charge in [-0.05, 0) is 18.8 Å². The van der Waals surface area contributed by atoms with E-state index < -0.39 is 6.03 Å². The number of urea groups is 1. The molecule has 0 unspecified atom stereocenters. The van der Waals surface area contributed by atoms with Crippen LogP contribution in [0.3, 0.4) is 0 Å². The van der Waals surface area contributed by atoms with Crippen molar-refractivity contribution in [3.05, 3.63) is 0 Å². The van der Waals surface area contributed by atoms with E-state index in [0.29, 0.717) is 5.92 Å². The average Bonchev–Trinajstić information content (AvgIpc) is 2.18. The number of amides is 3. The van der Waals surface area contributed by atoms with Crippen LogP contribution in [-0.2, 0) is 4.79 Å². The van der Waals surface area contributed by atoms with Crippen LogP contribution in [0.1, 0.15) is 32.6 Å². The van der Waals surface area contributed by atoms with Crippen molar-refractivity contribution >= 4 is 11.9 Å². The Balaban J connectivity index is 2.26. The summed E-state index contributed by atoms with van der Waals surface area (Å²) >= 11 is 0. The van der Waals surface area contributed by atoms with Crippen molar-refractivity contribution in [3.63, 3.8) is 0 Å². The fraction of sp³-hybridized carbons (Fsp3) is 0.800. The van der Waals surface area contributed by atoms with Gasteiger partial charge in [-0.25, -0.2) is 4.79 Å². The van der Waals surface area contributed by atoms with Gasteiger partial charge in [0, 0.05) is 6.04 Å². The number of hydrogen-bond acceptors (Lipinski definition) is 2. The lowest BCUT2D eigenvalue weighted by molar-refractivity contribution is -0.121. The Morgan fingerprint density at radius 3 is 2.60 bits per heavy atom. The minimum atomic E-state index is -0.665. The van der Waals surface area contributed by atoms with Crippen LogP contribution in [0.2, 0.25) is 0 Å². The Morgan fingerprint density at radius 1 is 1.33 bits per heavy atom. The number of carbonyl (C=O) groups excluding carboxylic acids is 2. The molecule has 0 aromatic heterocycles. The first-order valence-electron chi connectivity index (χ1n) is 5.42. The van der Waals surface area contributed by atoms with Crippen LogP contribution in [0.15, 0.2) is 0 Å². The van der Waals surface area contributed by atoms with E-state index >= 15 is 0 Å². The summed E-state index contributed by atoms with van der Waals surface area (Å²) in [5.74, 6) is 0.365. The summed E-state index contributed by atoms with van der Waals surface area (Å²) in [6, 6.07) is -0.414. The Labute approximate surface area is 89.8 Å². The number of nitrogens with two attached hydrogens (primary N) is 1. The maximum Gasteiger partial charge on any atom is 0.312 e. The summed E-state index contributed by atoms with van der Waals surface area (Å²) in [5, 5.41) is 5.19. The van der Waals surface area contributed by atoms with E-state index in [-0.39, 0.29) is 18.5 Å². The Morgan fingerprint density at radius 2 is 2.00 bits per heavy atom. The second-order valence-corrected chi connectivity index (χ2v) is 4.15. The van der Waals surface area contributed by atoms with Crippen LogP contribution in [0.5, 0.6) is 0 Å². The van der Waals surface area contributed by atoms with Gasteiger partial charge in [-0.3, -0.25) is 4.79 Å². The third-order valence-corrected chi connectivity index (χ3v) is 2.88. The third-order valence-electron chi connectivity index (χ3n) is 2.88. The van der Waals surface area contributed by atoms with Crippen molar-refractivity contribution in [1.29, 1.82) is 0 Å². The zero-order chi connectivity index (χ0) is 11.3. The molecular weight excluding hydrogens is 194 g/mol. The molecule has 4 N–H and O–H groups in total. The fourth-order valence-electron chi connectivity index (χ4n) is 1.96. The minimum Gasteiger partial charge on any atom is -0.352 e. The topological polar surface area (TPSA) is 84.2 Å². The maximum atomic E-state index is 11.4. The normalized spacial score (nSPS) is 25.7. The van der Waals surface area contributed by atoms with Gasteiger partial charge in [0.15, 0.2) is 0 Å². The van der Waals surface area contributed by atoms with Crippen molar-refractivity contribution in [2.24, 2.45) is 11.7 Å². The fourth-order valence-corrected chi connectivity index (χ4v) is 1.96. The van der Waals surface area contributed by atoms with Gasteiger partial charge in [0.25, 0.3) is 0 Å². The smallest absolute Gasteiger partial charge is 0.312 e. The highest BCUT2D eigenvalue weighted by Crippen LogP contribution is 2.23. The van der Waals surface area contributed by atoms with Crippen molar-refractivity contribution < 1.29 is 9.59 Å². The van der Waals surface area contributed by atoms with Crippen molar-refractivity contribution in [3.8, 4) is 0 Å². The summed E-state index contributed by atoms with van der Waals surface area (Å²) < 4.78 is 0. The summed E-state index contributed by atoms with van der Waals surface area (Å²) in [7, 11) is 0. The number of rotatable bonds is 3. The number of primary amides is 1. The van der Waals surface area contributed by atoms with Gasteiger partial charge in [0.05, 0.1) is 6.54 Å². The first kappa shape index (κ1) is 11.8. The van der Waals surface area contributed by atoms with Crippen molar-refractivity contribution in [2.45, 2.75) is 38.6 Å². The molecule has 1 aliphatic rings. The molecular formula is C10H19N3O2. The van der Waals surface area contributed by atoms with E-state index in [4.69, 9.17) is 5.73 Å². The molecule has 86 valence electrons. The lowest BCUT2D eigenvalue weighted by atomic mass is 9.86. The molecule has 0 aromatic rings. The molecule has 2 atom stereocenters. The quantitative estimate of drug-likeness (QED) is 0.632. The average molecular weight is 213 g/mol. The predicted molar refractivity (Wildman–Crippen MR) is 57.1 cm³/mol. The molecule has 1 rings (SSSR count). The van der Waals surface area contributed by atoms with Crippen LogP contribution < -0.4 is 16.4 Å². The van der Waals surface area contributed by atoms with Crippen LogP contribution in [0.4, 0.5) is 4.79 Å². The molecule has 0 spiro atoms. The maximum absolute atomic E-state index is 11.4. The van der Waals surface area contributed by atoms with E-state index in [2.05, 4.69) is 17.6 Å². The van der Waals surface area contributed by atoms with Gasteiger partial charge >= 0.3 is 6.03 Å². The molecule has 0 radical (unpaired) electrons. The number of hydrogen-bond donors (Lipinski definition) is 3. The summed E-state index contributed by atoms with van der Waals surface area (Å²) in [6.45, 7) is 2.12. The Bertz CT molecular complexity index is 243. The van der Waals surface area contributed by atoms with Gasteiger partial charge in [-0.15, -0.1) is 0 Å². The first-order chi connectivity index (χ1) is 7.09. The molecule has 1 saturated carbocycles. The summed E-state index contributed by atoms with van der Waals surface area (Å²) in [5.41, 5.74) is 4.87. The number of nitrogens with one attached hydrogen (secondary N) is 2. The van der Waals surface area contributed by atoms with E-state index in [9.17, 15) is 9.59 Å². The Hall–Kier alpha value is -1.26. The minimum absolute atomic E-state index is 0.0292. The van der Waals surface area contributed by atoms with Gasteiger partial charge < -0.3 is 16.4 Å². The van der Waals surface area contributed by atoms with Crippen LogP contribution in [0.25, 0.3) is 0 Å². The van der Waals surface area contributed by atoms with Gasteiger partial charge in [0.2, 0.25) is 5.91 Å². The highest BCUT2D eigenvalue weighted by molar-refractivity contribution is 5.83. The first-order valence-corrected chi connectivity index (χ1v) is 5.42. The largest absolute Gasteiger partial charge is 0.352 e. The standard InChI is InChI=1S/C10H19N3O2/c1-7-4-2-3-5-8(7)13-9(14)6-12-10(11)15/h7-8H,2-6H2,1H3,(H,13,14)(H3,11,12,15)/t7-,8-/m1/s1. The molecule has 0 heterocycles. The predicted octanol–water partition coefficient (Wildman–Crippen LogP) is 0.350. The molecule has 1 aliphatic carbocycles. The molecule has 5 nitrogen and oxygen atoms in total. The lowest BCUT2D eigenvalue weighted by Gasteiger charge is -2.29. The molecule has 0 saturated heterocycles. The molecule has 5 heteroatoms. The highest BCUT2D eigenvalue weighted by Gasteiger charge is 2.22. The van der Waals surface area contributed by atoms with E-state index in [1.165, 1.54) is 12.8 Å². The Kier molecular flexibility index (Phi) is 4.39. The summed E-state index contributed by atoms with van der Waals surface area (Å²) in [4.78, 5) is 21.8. The van der Waals surface area contributed by atoms with E-state index in [1.54, 1.807) is 0 Å². The second kappa shape index (κ2) is 5.58. The molecule has 1 fully saturated rings. The monoisotopic (exact) mass is 213 g/mol. The summed E-state index contributed by atoms with van der Waals surface area (Å²) in [6.07, 6.45) is 4.60. The van der Waals surface area contributed by atoms with E-state index in [1.807, 2.05) is 0 Å². The highest BCUT2D eigenvalue weighted by atomic mass is 16.2. The van der Waals surface area contributed by atoms with Gasteiger partial charge in [-0.2, -0.15) is 0 Å². The molecule has 0 bridgehead atoms.